The fourth-order valence-electron chi connectivity index (χ4n) is 1.44. The van der Waals surface area contributed by atoms with Gasteiger partial charge in [-0.25, -0.2) is 0 Å². The predicted octanol–water partition coefficient (Wildman–Crippen LogP) is 2.62. The van der Waals surface area contributed by atoms with Crippen LogP contribution in [0.3, 0.4) is 0 Å². The zero-order valence-corrected chi connectivity index (χ0v) is 10.4. The van der Waals surface area contributed by atoms with Crippen molar-refractivity contribution in [2.45, 2.75) is 12.6 Å². The molecule has 0 amide bonds. The van der Waals surface area contributed by atoms with Gasteiger partial charge in [0.05, 0.1) is 12.2 Å². The van der Waals surface area contributed by atoms with Crippen molar-refractivity contribution >= 4 is 5.69 Å². The Kier molecular flexibility index (Phi) is 4.84. The lowest BCUT2D eigenvalue weighted by atomic mass is 10.2. The van der Waals surface area contributed by atoms with Crippen LogP contribution in [-0.2, 0) is 6.18 Å². The monoisotopic (exact) mass is 262 g/mol. The summed E-state index contributed by atoms with van der Waals surface area (Å²) < 4.78 is 42.8. The molecule has 0 saturated carbocycles. The molecule has 0 unspecified atom stereocenters. The van der Waals surface area contributed by atoms with Crippen LogP contribution in [-0.4, -0.2) is 32.1 Å². The molecule has 2 N–H and O–H groups in total. The highest BCUT2D eigenvalue weighted by Gasteiger charge is 2.31. The van der Waals surface area contributed by atoms with Crippen molar-refractivity contribution < 1.29 is 17.9 Å². The number of anilines is 1. The smallest absolute Gasteiger partial charge is 0.416 e. The molecule has 0 spiro atoms. The summed E-state index contributed by atoms with van der Waals surface area (Å²) in [5.74, 6) is 0.154. The van der Waals surface area contributed by atoms with E-state index in [4.69, 9.17) is 10.5 Å². The molecule has 0 aromatic heterocycles. The van der Waals surface area contributed by atoms with Crippen LogP contribution in [0.4, 0.5) is 18.9 Å². The first kappa shape index (κ1) is 14.6. The zero-order valence-electron chi connectivity index (χ0n) is 10.4. The average Bonchev–Trinajstić information content (AvgIpc) is 2.22. The van der Waals surface area contributed by atoms with E-state index in [1.807, 2.05) is 19.0 Å². The summed E-state index contributed by atoms with van der Waals surface area (Å²) in [6.45, 7) is 1.17. The molecule has 1 rings (SSSR count). The third-order valence-corrected chi connectivity index (χ3v) is 2.27. The van der Waals surface area contributed by atoms with E-state index < -0.39 is 11.7 Å². The SMILES string of the molecule is CN(C)CCCOc1cc(N)cc(C(F)(F)F)c1. The summed E-state index contributed by atoms with van der Waals surface area (Å²) >= 11 is 0. The number of nitrogen functional groups attached to an aromatic ring is 1. The summed E-state index contributed by atoms with van der Waals surface area (Å²) in [6, 6.07) is 3.25. The lowest BCUT2D eigenvalue weighted by Crippen LogP contribution is -2.15. The van der Waals surface area contributed by atoms with Gasteiger partial charge in [0, 0.05) is 18.3 Å². The number of hydrogen-bond donors (Lipinski definition) is 1. The Morgan fingerprint density at radius 2 is 1.89 bits per heavy atom. The van der Waals surface area contributed by atoms with Crippen LogP contribution in [0.25, 0.3) is 0 Å². The van der Waals surface area contributed by atoms with Crippen LogP contribution in [0.15, 0.2) is 18.2 Å². The van der Waals surface area contributed by atoms with Crippen LogP contribution in [0, 0.1) is 0 Å². The van der Waals surface area contributed by atoms with Crippen LogP contribution in [0.1, 0.15) is 12.0 Å². The Morgan fingerprint density at radius 1 is 1.22 bits per heavy atom. The minimum Gasteiger partial charge on any atom is -0.493 e. The highest BCUT2D eigenvalue weighted by molar-refractivity contribution is 5.48. The zero-order chi connectivity index (χ0) is 13.8. The summed E-state index contributed by atoms with van der Waals surface area (Å²) in [5.41, 5.74) is 4.68. The summed E-state index contributed by atoms with van der Waals surface area (Å²) in [5, 5.41) is 0. The number of benzene rings is 1. The molecular formula is C12H17F3N2O. The van der Waals surface area contributed by atoms with Crippen LogP contribution in [0.2, 0.25) is 0 Å². The van der Waals surface area contributed by atoms with E-state index in [1.165, 1.54) is 6.07 Å². The molecule has 0 atom stereocenters. The summed E-state index contributed by atoms with van der Waals surface area (Å²) in [7, 11) is 3.84. The molecule has 0 fully saturated rings. The van der Waals surface area contributed by atoms with Crippen LogP contribution >= 0.6 is 0 Å². The molecule has 18 heavy (non-hydrogen) atoms. The first-order valence-corrected chi connectivity index (χ1v) is 5.54. The van der Waals surface area contributed by atoms with Crippen molar-refractivity contribution in [3.8, 4) is 5.75 Å². The number of ether oxygens (including phenoxy) is 1. The molecule has 0 saturated heterocycles. The fourth-order valence-corrected chi connectivity index (χ4v) is 1.44. The number of nitrogens with zero attached hydrogens (tertiary/aromatic N) is 1. The number of rotatable bonds is 5. The second-order valence-electron chi connectivity index (χ2n) is 4.29. The molecule has 0 aliphatic rings. The van der Waals surface area contributed by atoms with Gasteiger partial charge in [-0.2, -0.15) is 13.2 Å². The minimum absolute atomic E-state index is 0.0486. The Hall–Kier alpha value is -1.43. The van der Waals surface area contributed by atoms with Gasteiger partial charge < -0.3 is 15.4 Å². The Morgan fingerprint density at radius 3 is 2.44 bits per heavy atom. The van der Waals surface area contributed by atoms with Gasteiger partial charge in [-0.15, -0.1) is 0 Å². The quantitative estimate of drug-likeness (QED) is 0.655. The Balaban J connectivity index is 2.63. The summed E-state index contributed by atoms with van der Waals surface area (Å²) in [6.07, 6.45) is -3.67. The normalized spacial score (nSPS) is 11.9. The largest absolute Gasteiger partial charge is 0.493 e. The molecule has 0 aliphatic carbocycles. The second kappa shape index (κ2) is 5.95. The van der Waals surface area contributed by atoms with E-state index in [9.17, 15) is 13.2 Å². The van der Waals surface area contributed by atoms with E-state index in [0.29, 0.717) is 6.61 Å². The van der Waals surface area contributed by atoms with E-state index >= 15 is 0 Å². The van der Waals surface area contributed by atoms with Gasteiger partial charge in [-0.3, -0.25) is 0 Å². The Labute approximate surface area is 104 Å². The molecular weight excluding hydrogens is 245 g/mol. The van der Waals surface area contributed by atoms with Crippen molar-refractivity contribution in [1.82, 2.24) is 4.90 Å². The molecule has 102 valence electrons. The first-order valence-electron chi connectivity index (χ1n) is 5.54. The number of halogens is 3. The lowest BCUT2D eigenvalue weighted by molar-refractivity contribution is -0.137. The van der Waals surface area contributed by atoms with Crippen molar-refractivity contribution in [2.75, 3.05) is 33.0 Å². The fraction of sp³-hybridized carbons (Fsp3) is 0.500. The molecule has 0 radical (unpaired) electrons. The van der Waals surface area contributed by atoms with Crippen molar-refractivity contribution in [2.24, 2.45) is 0 Å². The number of alkyl halides is 3. The standard InChI is InChI=1S/C12H17F3N2O/c1-17(2)4-3-5-18-11-7-9(12(13,14)15)6-10(16)8-11/h6-8H,3-5,16H2,1-2H3. The van der Waals surface area contributed by atoms with Gasteiger partial charge in [0.25, 0.3) is 0 Å². The highest BCUT2D eigenvalue weighted by atomic mass is 19.4. The maximum atomic E-state index is 12.5. The minimum atomic E-state index is -4.41. The van der Waals surface area contributed by atoms with Crippen molar-refractivity contribution in [3.05, 3.63) is 23.8 Å². The van der Waals surface area contributed by atoms with E-state index in [1.54, 1.807) is 0 Å². The molecule has 1 aromatic carbocycles. The van der Waals surface area contributed by atoms with Crippen molar-refractivity contribution in [1.29, 1.82) is 0 Å². The average molecular weight is 262 g/mol. The topological polar surface area (TPSA) is 38.5 Å². The van der Waals surface area contributed by atoms with Gasteiger partial charge in [-0.05, 0) is 32.6 Å². The van der Waals surface area contributed by atoms with Gasteiger partial charge in [0.2, 0.25) is 0 Å². The second-order valence-corrected chi connectivity index (χ2v) is 4.29. The van der Waals surface area contributed by atoms with E-state index in [-0.39, 0.29) is 11.4 Å². The van der Waals surface area contributed by atoms with Gasteiger partial charge in [0.15, 0.2) is 0 Å². The van der Waals surface area contributed by atoms with Crippen LogP contribution in [0.5, 0.6) is 5.75 Å². The number of hydrogen-bond acceptors (Lipinski definition) is 3. The first-order chi connectivity index (χ1) is 8.29. The molecule has 3 nitrogen and oxygen atoms in total. The van der Waals surface area contributed by atoms with Crippen molar-refractivity contribution in [3.63, 3.8) is 0 Å². The van der Waals surface area contributed by atoms with E-state index in [2.05, 4.69) is 0 Å². The van der Waals surface area contributed by atoms with Gasteiger partial charge in [0.1, 0.15) is 5.75 Å². The molecule has 0 heterocycles. The number of nitrogens with two attached hydrogens (primary N) is 1. The summed E-state index contributed by atoms with van der Waals surface area (Å²) in [4.78, 5) is 1.98. The van der Waals surface area contributed by atoms with Crippen LogP contribution < -0.4 is 10.5 Å². The molecule has 0 bridgehead atoms. The molecule has 0 aliphatic heterocycles. The molecule has 1 aromatic rings. The van der Waals surface area contributed by atoms with Gasteiger partial charge in [-0.1, -0.05) is 0 Å². The third kappa shape index (κ3) is 4.83. The predicted molar refractivity (Wildman–Crippen MR) is 64.5 cm³/mol. The maximum Gasteiger partial charge on any atom is 0.416 e. The lowest BCUT2D eigenvalue weighted by Gasteiger charge is -2.13. The molecule has 6 heteroatoms. The third-order valence-electron chi connectivity index (χ3n) is 2.27. The van der Waals surface area contributed by atoms with E-state index in [0.717, 1.165) is 25.1 Å². The van der Waals surface area contributed by atoms with Gasteiger partial charge >= 0.3 is 6.18 Å². The highest BCUT2D eigenvalue weighted by Crippen LogP contribution is 2.33. The Bertz CT molecular complexity index is 391. The maximum absolute atomic E-state index is 12.5.